The van der Waals surface area contributed by atoms with Crippen molar-refractivity contribution in [2.45, 2.75) is 46.1 Å². The van der Waals surface area contributed by atoms with Crippen LogP contribution in [0.25, 0.3) is 0 Å². The first kappa shape index (κ1) is 16.3. The number of isocyanates is 1. The van der Waals surface area contributed by atoms with Gasteiger partial charge in [-0.1, -0.05) is 26.7 Å². The summed E-state index contributed by atoms with van der Waals surface area (Å²) >= 11 is 0. The highest BCUT2D eigenvalue weighted by molar-refractivity contribution is 5.74. The predicted molar refractivity (Wildman–Crippen MR) is 77.9 cm³/mol. The number of rotatable bonds is 4. The molecule has 0 heterocycles. The number of carbonyl (C=O) groups excluding carboxylic acids is 2. The monoisotopic (exact) mass is 277 g/mol. The number of urea groups is 1. The highest BCUT2D eigenvalue weighted by atomic mass is 16.2. The molecule has 0 radical (unpaired) electrons. The standard InChI is InChI=1S/C15H23N3O2/c1-5-6-16-13(20)17-10-15(4)8-12(18-11-19)7-14(2,3)9-15/h1,12H,6-10H2,2-4H3,(H2,16,17,20). The summed E-state index contributed by atoms with van der Waals surface area (Å²) in [4.78, 5) is 25.9. The van der Waals surface area contributed by atoms with Crippen molar-refractivity contribution in [3.63, 3.8) is 0 Å². The summed E-state index contributed by atoms with van der Waals surface area (Å²) in [6.45, 7) is 7.19. The van der Waals surface area contributed by atoms with Crippen LogP contribution in [0.4, 0.5) is 4.79 Å². The predicted octanol–water partition coefficient (Wildman–Crippen LogP) is 1.84. The summed E-state index contributed by atoms with van der Waals surface area (Å²) in [5.74, 6) is 2.35. The maximum absolute atomic E-state index is 11.6. The number of aliphatic imine (C=N–C) groups is 1. The van der Waals surface area contributed by atoms with Gasteiger partial charge in [0.1, 0.15) is 0 Å². The second-order valence-electron chi connectivity index (χ2n) is 6.67. The zero-order chi connectivity index (χ0) is 15.2. The molecule has 2 N–H and O–H groups in total. The van der Waals surface area contributed by atoms with Crippen LogP contribution < -0.4 is 10.6 Å². The largest absolute Gasteiger partial charge is 0.338 e. The number of terminal acetylenes is 1. The van der Waals surface area contributed by atoms with Crippen LogP contribution in [0.5, 0.6) is 0 Å². The molecule has 0 bridgehead atoms. The topological polar surface area (TPSA) is 70.6 Å². The van der Waals surface area contributed by atoms with Crippen molar-refractivity contribution >= 4 is 12.1 Å². The third-order valence-corrected chi connectivity index (χ3v) is 3.68. The van der Waals surface area contributed by atoms with Crippen molar-refractivity contribution < 1.29 is 9.59 Å². The number of nitrogens with zero attached hydrogens (tertiary/aromatic N) is 1. The van der Waals surface area contributed by atoms with Gasteiger partial charge in [-0.2, -0.15) is 0 Å². The Balaban J connectivity index is 2.63. The lowest BCUT2D eigenvalue weighted by molar-refractivity contribution is 0.0851. The normalized spacial score (nSPS) is 27.8. The fraction of sp³-hybridized carbons (Fsp3) is 0.733. The molecule has 0 aromatic carbocycles. The second-order valence-corrected chi connectivity index (χ2v) is 6.67. The van der Waals surface area contributed by atoms with E-state index in [0.717, 1.165) is 19.3 Å². The summed E-state index contributed by atoms with van der Waals surface area (Å²) in [7, 11) is 0. The maximum atomic E-state index is 11.6. The number of amides is 2. The third kappa shape index (κ3) is 5.07. The molecule has 0 saturated heterocycles. The second kappa shape index (κ2) is 6.58. The van der Waals surface area contributed by atoms with Crippen molar-refractivity contribution in [1.29, 1.82) is 0 Å². The average Bonchev–Trinajstić information content (AvgIpc) is 2.32. The zero-order valence-electron chi connectivity index (χ0n) is 12.5. The Morgan fingerprint density at radius 3 is 2.65 bits per heavy atom. The van der Waals surface area contributed by atoms with Crippen LogP contribution in [0.2, 0.25) is 0 Å². The van der Waals surface area contributed by atoms with Gasteiger partial charge in [0.15, 0.2) is 0 Å². The molecule has 2 amide bonds. The van der Waals surface area contributed by atoms with E-state index in [-0.39, 0.29) is 29.4 Å². The van der Waals surface area contributed by atoms with Crippen molar-refractivity contribution in [2.75, 3.05) is 13.1 Å². The van der Waals surface area contributed by atoms with Crippen molar-refractivity contribution in [3.8, 4) is 12.3 Å². The molecule has 2 unspecified atom stereocenters. The smallest absolute Gasteiger partial charge is 0.315 e. The number of hydrogen-bond donors (Lipinski definition) is 2. The van der Waals surface area contributed by atoms with Gasteiger partial charge < -0.3 is 10.6 Å². The van der Waals surface area contributed by atoms with E-state index in [9.17, 15) is 9.59 Å². The minimum absolute atomic E-state index is 0.0168. The molecule has 1 aliphatic carbocycles. The van der Waals surface area contributed by atoms with E-state index in [0.29, 0.717) is 6.54 Å². The van der Waals surface area contributed by atoms with Gasteiger partial charge in [-0.05, 0) is 30.1 Å². The Morgan fingerprint density at radius 1 is 1.35 bits per heavy atom. The third-order valence-electron chi connectivity index (χ3n) is 3.68. The SMILES string of the molecule is C#CCNC(=O)NCC1(C)CC(N=C=O)CC(C)(C)C1. The molecule has 20 heavy (non-hydrogen) atoms. The quantitative estimate of drug-likeness (QED) is 0.467. The molecule has 1 rings (SSSR count). The van der Waals surface area contributed by atoms with Crippen LogP contribution in [0.1, 0.15) is 40.0 Å². The summed E-state index contributed by atoms with van der Waals surface area (Å²) in [5, 5.41) is 5.42. The molecule has 5 heteroatoms. The van der Waals surface area contributed by atoms with E-state index in [2.05, 4.69) is 42.3 Å². The summed E-state index contributed by atoms with van der Waals surface area (Å²) < 4.78 is 0. The average molecular weight is 277 g/mol. The Morgan fingerprint density at radius 2 is 2.05 bits per heavy atom. The van der Waals surface area contributed by atoms with E-state index in [4.69, 9.17) is 6.42 Å². The Hall–Kier alpha value is -1.79. The molecule has 0 aliphatic heterocycles. The van der Waals surface area contributed by atoms with Crippen LogP contribution in [-0.4, -0.2) is 31.2 Å². The number of carbonyl (C=O) groups is 1. The van der Waals surface area contributed by atoms with Gasteiger partial charge in [-0.25, -0.2) is 14.6 Å². The van der Waals surface area contributed by atoms with Crippen molar-refractivity contribution in [3.05, 3.63) is 0 Å². The highest BCUT2D eigenvalue weighted by Crippen LogP contribution is 2.46. The lowest BCUT2D eigenvalue weighted by Gasteiger charge is -2.45. The van der Waals surface area contributed by atoms with Gasteiger partial charge in [0.2, 0.25) is 6.08 Å². The van der Waals surface area contributed by atoms with E-state index in [1.54, 1.807) is 6.08 Å². The first-order valence-corrected chi connectivity index (χ1v) is 6.82. The fourth-order valence-electron chi connectivity index (χ4n) is 3.37. The lowest BCUT2D eigenvalue weighted by atomic mass is 9.63. The summed E-state index contributed by atoms with van der Waals surface area (Å²) in [6.07, 6.45) is 9.37. The molecule has 1 saturated carbocycles. The van der Waals surface area contributed by atoms with E-state index in [1.165, 1.54) is 0 Å². The van der Waals surface area contributed by atoms with Gasteiger partial charge in [-0.3, -0.25) is 0 Å². The van der Waals surface area contributed by atoms with Gasteiger partial charge in [0.25, 0.3) is 0 Å². The van der Waals surface area contributed by atoms with E-state index >= 15 is 0 Å². The van der Waals surface area contributed by atoms with Crippen molar-refractivity contribution in [1.82, 2.24) is 10.6 Å². The summed E-state index contributed by atoms with van der Waals surface area (Å²) in [6, 6.07) is -0.278. The molecule has 1 fully saturated rings. The van der Waals surface area contributed by atoms with Gasteiger partial charge >= 0.3 is 6.03 Å². The van der Waals surface area contributed by atoms with E-state index in [1.807, 2.05) is 0 Å². The highest BCUT2D eigenvalue weighted by Gasteiger charge is 2.41. The Kier molecular flexibility index (Phi) is 5.35. The Labute approximate surface area is 120 Å². The molecule has 110 valence electrons. The zero-order valence-corrected chi connectivity index (χ0v) is 12.5. The molecule has 0 aromatic heterocycles. The van der Waals surface area contributed by atoms with Crippen LogP contribution >= 0.6 is 0 Å². The fourth-order valence-corrected chi connectivity index (χ4v) is 3.37. The lowest BCUT2D eigenvalue weighted by Crippen LogP contribution is -2.47. The van der Waals surface area contributed by atoms with Crippen LogP contribution in [0, 0.1) is 23.2 Å². The summed E-state index contributed by atoms with van der Waals surface area (Å²) in [5.41, 5.74) is 0.00916. The molecular formula is C15H23N3O2. The first-order chi connectivity index (χ1) is 9.30. The number of nitrogens with one attached hydrogen (secondary N) is 2. The van der Waals surface area contributed by atoms with Gasteiger partial charge in [-0.15, -0.1) is 6.42 Å². The van der Waals surface area contributed by atoms with Crippen LogP contribution in [0.3, 0.4) is 0 Å². The minimum Gasteiger partial charge on any atom is -0.338 e. The number of hydrogen-bond acceptors (Lipinski definition) is 3. The molecule has 5 nitrogen and oxygen atoms in total. The molecule has 0 aromatic rings. The van der Waals surface area contributed by atoms with E-state index < -0.39 is 0 Å². The van der Waals surface area contributed by atoms with Gasteiger partial charge in [0.05, 0.1) is 12.6 Å². The first-order valence-electron chi connectivity index (χ1n) is 6.82. The molecule has 2 atom stereocenters. The Bertz CT molecular complexity index is 447. The molecule has 0 spiro atoms. The minimum atomic E-state index is -0.261. The molecular weight excluding hydrogens is 254 g/mol. The van der Waals surface area contributed by atoms with Crippen LogP contribution in [-0.2, 0) is 4.79 Å². The van der Waals surface area contributed by atoms with Crippen molar-refractivity contribution in [2.24, 2.45) is 15.8 Å². The molecule has 1 aliphatic rings. The van der Waals surface area contributed by atoms with Crippen LogP contribution in [0.15, 0.2) is 4.99 Å². The maximum Gasteiger partial charge on any atom is 0.315 e. The van der Waals surface area contributed by atoms with Gasteiger partial charge in [0, 0.05) is 6.54 Å².